The molecule has 0 saturated carbocycles. The predicted octanol–water partition coefficient (Wildman–Crippen LogP) is 7.30. The molecular weight excluding hydrogens is 492 g/mol. The summed E-state index contributed by atoms with van der Waals surface area (Å²) in [5.41, 5.74) is 6.40. The van der Waals surface area contributed by atoms with Crippen LogP contribution < -0.4 is 23.7 Å². The second kappa shape index (κ2) is 11.2. The van der Waals surface area contributed by atoms with Gasteiger partial charge in [0.25, 0.3) is 0 Å². The number of aliphatic imine (C=N–C) groups is 1. The minimum absolute atomic E-state index is 0.507. The molecule has 0 aliphatic heterocycles. The molecule has 1 aromatic heterocycles. The summed E-state index contributed by atoms with van der Waals surface area (Å²) in [6.07, 6.45) is 1.78. The van der Waals surface area contributed by atoms with E-state index < -0.39 is 0 Å². The molecule has 0 aliphatic rings. The van der Waals surface area contributed by atoms with Gasteiger partial charge in [0.05, 0.1) is 63.4 Å². The third-order valence-electron chi connectivity index (χ3n) is 6.60. The maximum absolute atomic E-state index is 5.89. The van der Waals surface area contributed by atoms with Crippen LogP contribution in [0.3, 0.4) is 0 Å². The number of benzene rings is 4. The second-order valence-electron chi connectivity index (χ2n) is 8.69. The highest BCUT2D eigenvalue weighted by Crippen LogP contribution is 2.46. The van der Waals surface area contributed by atoms with Crippen LogP contribution in [0, 0.1) is 0 Å². The van der Waals surface area contributed by atoms with Crippen LogP contribution in [-0.2, 0) is 0 Å². The monoisotopic (exact) mass is 522 g/mol. The largest absolute Gasteiger partial charge is 0.496 e. The van der Waals surface area contributed by atoms with Crippen molar-refractivity contribution in [1.29, 1.82) is 0 Å². The van der Waals surface area contributed by atoms with Crippen molar-refractivity contribution < 1.29 is 23.7 Å². The zero-order valence-electron chi connectivity index (χ0n) is 22.6. The lowest BCUT2D eigenvalue weighted by Gasteiger charge is -2.13. The van der Waals surface area contributed by atoms with Crippen LogP contribution >= 0.6 is 0 Å². The lowest BCUT2D eigenvalue weighted by Crippen LogP contribution is -1.96. The molecule has 0 radical (unpaired) electrons. The topological polar surface area (TPSA) is 74.3 Å². The van der Waals surface area contributed by atoms with Gasteiger partial charge in [0.2, 0.25) is 5.75 Å². The van der Waals surface area contributed by atoms with Crippen LogP contribution in [0.15, 0.2) is 83.9 Å². The van der Waals surface area contributed by atoms with Gasteiger partial charge in [0, 0.05) is 30.0 Å². The summed E-state index contributed by atoms with van der Waals surface area (Å²) in [4.78, 5) is 8.46. The van der Waals surface area contributed by atoms with Crippen molar-refractivity contribution in [1.82, 2.24) is 4.98 Å². The number of H-pyrrole nitrogens is 1. The zero-order chi connectivity index (χ0) is 27.4. The van der Waals surface area contributed by atoms with Crippen molar-refractivity contribution in [2.45, 2.75) is 0 Å². The number of hydrogen-bond donors (Lipinski definition) is 1. The highest BCUT2D eigenvalue weighted by Gasteiger charge is 2.23. The fraction of sp³-hybridized carbons (Fsp3) is 0.156. The maximum Gasteiger partial charge on any atom is 0.203 e. The summed E-state index contributed by atoms with van der Waals surface area (Å²) in [6, 6.07) is 26.0. The molecule has 1 heterocycles. The lowest BCUT2D eigenvalue weighted by molar-refractivity contribution is 0.324. The Morgan fingerprint density at radius 2 is 1.18 bits per heavy atom. The van der Waals surface area contributed by atoms with Gasteiger partial charge in [-0.15, -0.1) is 0 Å². The molecule has 7 nitrogen and oxygen atoms in total. The summed E-state index contributed by atoms with van der Waals surface area (Å²) in [7, 11) is 8.03. The molecule has 0 fully saturated rings. The molecule has 4 aromatic carbocycles. The highest BCUT2D eigenvalue weighted by molar-refractivity contribution is 6.13. The van der Waals surface area contributed by atoms with Crippen LogP contribution in [0.5, 0.6) is 28.7 Å². The quantitative estimate of drug-likeness (QED) is 0.206. The van der Waals surface area contributed by atoms with Crippen molar-refractivity contribution in [3.05, 3.63) is 84.4 Å². The molecule has 0 spiro atoms. The normalized spacial score (nSPS) is 11.1. The van der Waals surface area contributed by atoms with E-state index in [4.69, 9.17) is 28.7 Å². The Balaban J connectivity index is 1.78. The predicted molar refractivity (Wildman–Crippen MR) is 156 cm³/mol. The van der Waals surface area contributed by atoms with E-state index in [1.165, 1.54) is 0 Å². The Morgan fingerprint density at radius 1 is 0.615 bits per heavy atom. The lowest BCUT2D eigenvalue weighted by atomic mass is 9.97. The molecule has 39 heavy (non-hydrogen) atoms. The smallest absolute Gasteiger partial charge is 0.203 e. The van der Waals surface area contributed by atoms with Gasteiger partial charge >= 0.3 is 0 Å². The second-order valence-corrected chi connectivity index (χ2v) is 8.69. The van der Waals surface area contributed by atoms with Gasteiger partial charge in [-0.1, -0.05) is 60.7 Å². The van der Waals surface area contributed by atoms with Crippen molar-refractivity contribution in [3.8, 4) is 51.1 Å². The summed E-state index contributed by atoms with van der Waals surface area (Å²) in [5.74, 6) is 2.87. The first kappa shape index (κ1) is 25.7. The van der Waals surface area contributed by atoms with E-state index in [1.54, 1.807) is 53.9 Å². The van der Waals surface area contributed by atoms with E-state index >= 15 is 0 Å². The number of aromatic amines is 1. The first-order chi connectivity index (χ1) is 19.1. The molecule has 0 unspecified atom stereocenters. The Morgan fingerprint density at radius 3 is 1.72 bits per heavy atom. The summed E-state index contributed by atoms with van der Waals surface area (Å²) >= 11 is 0. The summed E-state index contributed by atoms with van der Waals surface area (Å²) in [5, 5.41) is 0.940. The van der Waals surface area contributed by atoms with E-state index in [9.17, 15) is 0 Å². The minimum Gasteiger partial charge on any atom is -0.496 e. The summed E-state index contributed by atoms with van der Waals surface area (Å²) < 4.78 is 28.2. The van der Waals surface area contributed by atoms with Crippen LogP contribution in [0.4, 0.5) is 5.69 Å². The van der Waals surface area contributed by atoms with Crippen molar-refractivity contribution in [2.75, 3.05) is 35.5 Å². The SMILES string of the molecule is COc1cc(N=Cc2c(OC)cc(OC)c3c(-c4ccccc4)c(-c4ccccc4)[nH]c23)cc(OC)c1OC. The molecule has 0 atom stereocenters. The summed E-state index contributed by atoms with van der Waals surface area (Å²) in [6.45, 7) is 0. The first-order valence-electron chi connectivity index (χ1n) is 12.4. The molecular formula is C32H30N2O5. The molecule has 5 rings (SSSR count). The van der Waals surface area contributed by atoms with Gasteiger partial charge in [0.1, 0.15) is 11.5 Å². The molecule has 0 bridgehead atoms. The molecule has 198 valence electrons. The number of hydrogen-bond acceptors (Lipinski definition) is 6. The number of rotatable bonds is 9. The van der Waals surface area contributed by atoms with E-state index in [2.05, 4.69) is 29.2 Å². The molecule has 0 amide bonds. The molecule has 1 N–H and O–H groups in total. The van der Waals surface area contributed by atoms with Crippen LogP contribution in [0.25, 0.3) is 33.3 Å². The Bertz CT molecular complexity index is 1600. The van der Waals surface area contributed by atoms with Crippen LogP contribution in [0.1, 0.15) is 5.56 Å². The molecule has 5 aromatic rings. The first-order valence-corrected chi connectivity index (χ1v) is 12.4. The Hall–Kier alpha value is -4.91. The zero-order valence-corrected chi connectivity index (χ0v) is 22.6. The Kier molecular flexibility index (Phi) is 7.41. The van der Waals surface area contributed by atoms with Crippen molar-refractivity contribution in [2.24, 2.45) is 4.99 Å². The van der Waals surface area contributed by atoms with Crippen molar-refractivity contribution in [3.63, 3.8) is 0 Å². The van der Waals surface area contributed by atoms with Gasteiger partial charge in [0.15, 0.2) is 11.5 Å². The Labute approximate surface area is 227 Å². The van der Waals surface area contributed by atoms with Gasteiger partial charge in [-0.3, -0.25) is 4.99 Å². The standard InChI is InChI=1S/C32H30N2O5/c1-35-24-18-25(36-2)29-28(20-12-8-6-9-13-20)30(21-14-10-7-11-15-21)34-31(29)23(24)19-33-22-16-26(37-3)32(39-5)27(17-22)38-4/h6-19,34H,1-5H3. The number of ether oxygens (including phenoxy) is 5. The fourth-order valence-corrected chi connectivity index (χ4v) is 4.79. The minimum atomic E-state index is 0.507. The van der Waals surface area contributed by atoms with E-state index in [0.717, 1.165) is 38.9 Å². The molecule has 7 heteroatoms. The number of nitrogens with zero attached hydrogens (tertiary/aromatic N) is 1. The van der Waals surface area contributed by atoms with Gasteiger partial charge < -0.3 is 28.7 Å². The van der Waals surface area contributed by atoms with E-state index in [-0.39, 0.29) is 0 Å². The molecule has 0 saturated heterocycles. The number of methoxy groups -OCH3 is 5. The van der Waals surface area contributed by atoms with E-state index in [1.807, 2.05) is 42.5 Å². The maximum atomic E-state index is 5.89. The third-order valence-corrected chi connectivity index (χ3v) is 6.60. The number of fused-ring (bicyclic) bond motifs is 1. The van der Waals surface area contributed by atoms with Gasteiger partial charge in [-0.25, -0.2) is 0 Å². The van der Waals surface area contributed by atoms with E-state index in [0.29, 0.717) is 34.4 Å². The third kappa shape index (κ3) is 4.75. The number of nitrogens with one attached hydrogen (secondary N) is 1. The number of aromatic nitrogens is 1. The average molecular weight is 523 g/mol. The van der Waals surface area contributed by atoms with Crippen LogP contribution in [-0.4, -0.2) is 46.7 Å². The van der Waals surface area contributed by atoms with Gasteiger partial charge in [-0.2, -0.15) is 0 Å². The van der Waals surface area contributed by atoms with Crippen molar-refractivity contribution >= 4 is 22.8 Å². The van der Waals surface area contributed by atoms with Crippen LogP contribution in [0.2, 0.25) is 0 Å². The fourth-order valence-electron chi connectivity index (χ4n) is 4.79. The molecule has 0 aliphatic carbocycles. The highest BCUT2D eigenvalue weighted by atomic mass is 16.5. The van der Waals surface area contributed by atoms with Gasteiger partial charge in [-0.05, 0) is 11.1 Å². The average Bonchev–Trinajstić information content (AvgIpc) is 3.40.